The monoisotopic (exact) mass is 372 g/mol. The lowest BCUT2D eigenvalue weighted by Gasteiger charge is -2.36. The van der Waals surface area contributed by atoms with Crippen molar-refractivity contribution in [3.63, 3.8) is 0 Å². The van der Waals surface area contributed by atoms with Gasteiger partial charge in [-0.3, -0.25) is 19.3 Å². The van der Waals surface area contributed by atoms with Crippen molar-refractivity contribution < 1.29 is 19.1 Å². The third kappa shape index (κ3) is 4.49. The number of para-hydroxylation sites is 2. The molecule has 146 valence electrons. The Bertz CT molecular complexity index is 730. The number of amides is 2. The van der Waals surface area contributed by atoms with Gasteiger partial charge in [-0.1, -0.05) is 32.9 Å². The van der Waals surface area contributed by atoms with Gasteiger partial charge in [0.05, 0.1) is 17.3 Å². The Hall–Kier alpha value is -2.37. The normalized spacial score (nSPS) is 22.6. The lowest BCUT2D eigenvalue weighted by Crippen LogP contribution is -2.44. The van der Waals surface area contributed by atoms with Crippen LogP contribution in [0.4, 0.5) is 11.4 Å². The molecule has 1 N–H and O–H groups in total. The summed E-state index contributed by atoms with van der Waals surface area (Å²) in [7, 11) is 0. The molecular formula is C21H28N2O4. The molecule has 0 unspecified atom stereocenters. The van der Waals surface area contributed by atoms with E-state index in [1.165, 1.54) is 4.90 Å². The first-order valence-corrected chi connectivity index (χ1v) is 9.61. The molecule has 6 heteroatoms. The highest BCUT2D eigenvalue weighted by molar-refractivity contribution is 6.10. The predicted octanol–water partition coefficient (Wildman–Crippen LogP) is 3.37. The fourth-order valence-electron chi connectivity index (χ4n) is 3.98. The Morgan fingerprint density at radius 3 is 2.48 bits per heavy atom. The van der Waals surface area contributed by atoms with Crippen LogP contribution in [0.5, 0.6) is 0 Å². The van der Waals surface area contributed by atoms with Crippen molar-refractivity contribution in [2.24, 2.45) is 17.3 Å². The van der Waals surface area contributed by atoms with Gasteiger partial charge in [0.2, 0.25) is 5.91 Å². The second kappa shape index (κ2) is 7.71. The number of fused-ring (bicyclic) bond motifs is 1. The topological polar surface area (TPSA) is 75.7 Å². The highest BCUT2D eigenvalue weighted by atomic mass is 16.5. The van der Waals surface area contributed by atoms with E-state index >= 15 is 0 Å². The van der Waals surface area contributed by atoms with E-state index in [0.717, 1.165) is 25.7 Å². The molecule has 1 fully saturated rings. The van der Waals surface area contributed by atoms with Crippen LogP contribution in [0.15, 0.2) is 24.3 Å². The average Bonchev–Trinajstić information content (AvgIpc) is 2.64. The van der Waals surface area contributed by atoms with Gasteiger partial charge in [0, 0.05) is 0 Å². The zero-order valence-corrected chi connectivity index (χ0v) is 16.3. The number of anilines is 2. The van der Waals surface area contributed by atoms with Crippen molar-refractivity contribution in [3.8, 4) is 0 Å². The SMILES string of the molecule is CC(C)(C)C1CCC(C(=O)OCC(=O)N2CC(=O)Nc3ccccc32)CC1. The van der Waals surface area contributed by atoms with Crippen molar-refractivity contribution in [2.45, 2.75) is 46.5 Å². The quantitative estimate of drug-likeness (QED) is 0.826. The molecule has 0 spiro atoms. The van der Waals surface area contributed by atoms with E-state index in [1.54, 1.807) is 24.3 Å². The molecule has 2 aliphatic rings. The van der Waals surface area contributed by atoms with Gasteiger partial charge in [-0.15, -0.1) is 0 Å². The number of ether oxygens (including phenoxy) is 1. The van der Waals surface area contributed by atoms with Gasteiger partial charge < -0.3 is 10.1 Å². The molecule has 0 saturated heterocycles. The second-order valence-electron chi connectivity index (χ2n) is 8.57. The van der Waals surface area contributed by atoms with Crippen LogP contribution < -0.4 is 10.2 Å². The fourth-order valence-corrected chi connectivity index (χ4v) is 3.98. The summed E-state index contributed by atoms with van der Waals surface area (Å²) in [6, 6.07) is 7.10. The molecule has 6 nitrogen and oxygen atoms in total. The van der Waals surface area contributed by atoms with Gasteiger partial charge in [-0.05, 0) is 49.1 Å². The van der Waals surface area contributed by atoms with Crippen LogP contribution in [0.25, 0.3) is 0 Å². The van der Waals surface area contributed by atoms with Crippen LogP contribution in [-0.2, 0) is 19.1 Å². The maximum Gasteiger partial charge on any atom is 0.309 e. The number of carbonyl (C=O) groups excluding carboxylic acids is 3. The minimum Gasteiger partial charge on any atom is -0.455 e. The van der Waals surface area contributed by atoms with Crippen molar-refractivity contribution in [1.82, 2.24) is 0 Å². The van der Waals surface area contributed by atoms with Crippen molar-refractivity contribution in [2.75, 3.05) is 23.4 Å². The first-order chi connectivity index (χ1) is 12.8. The highest BCUT2D eigenvalue weighted by Gasteiger charge is 2.34. The summed E-state index contributed by atoms with van der Waals surface area (Å²) in [4.78, 5) is 38.1. The molecule has 1 aliphatic carbocycles. The Labute approximate surface area is 160 Å². The number of nitrogens with zero attached hydrogens (tertiary/aromatic N) is 1. The van der Waals surface area contributed by atoms with Crippen molar-refractivity contribution in [1.29, 1.82) is 0 Å². The molecule has 0 atom stereocenters. The van der Waals surface area contributed by atoms with Crippen molar-refractivity contribution in [3.05, 3.63) is 24.3 Å². The molecular weight excluding hydrogens is 344 g/mol. The molecule has 1 aromatic rings. The van der Waals surface area contributed by atoms with Crippen LogP contribution >= 0.6 is 0 Å². The summed E-state index contributed by atoms with van der Waals surface area (Å²) < 4.78 is 5.31. The first kappa shape index (κ1) is 19.4. The van der Waals surface area contributed by atoms with Gasteiger partial charge in [0.25, 0.3) is 5.91 Å². The summed E-state index contributed by atoms with van der Waals surface area (Å²) in [6.07, 6.45) is 3.64. The largest absolute Gasteiger partial charge is 0.455 e. The number of carbonyl (C=O) groups is 3. The third-order valence-corrected chi connectivity index (χ3v) is 5.69. The number of benzene rings is 1. The van der Waals surface area contributed by atoms with Gasteiger partial charge in [-0.25, -0.2) is 0 Å². The third-order valence-electron chi connectivity index (χ3n) is 5.69. The Balaban J connectivity index is 1.54. The molecule has 0 radical (unpaired) electrons. The fraction of sp³-hybridized carbons (Fsp3) is 0.571. The molecule has 1 aromatic carbocycles. The molecule has 2 amide bonds. The Kier molecular flexibility index (Phi) is 5.53. The smallest absolute Gasteiger partial charge is 0.309 e. The first-order valence-electron chi connectivity index (χ1n) is 9.61. The lowest BCUT2D eigenvalue weighted by atomic mass is 9.70. The molecule has 27 heavy (non-hydrogen) atoms. The zero-order chi connectivity index (χ0) is 19.6. The Morgan fingerprint density at radius 1 is 1.15 bits per heavy atom. The van der Waals surface area contributed by atoms with Gasteiger partial charge in [0.15, 0.2) is 6.61 Å². The van der Waals surface area contributed by atoms with Crippen LogP contribution in [0.1, 0.15) is 46.5 Å². The van der Waals surface area contributed by atoms with E-state index in [9.17, 15) is 14.4 Å². The maximum absolute atomic E-state index is 12.5. The number of esters is 1. The van der Waals surface area contributed by atoms with Gasteiger partial charge in [0.1, 0.15) is 6.54 Å². The molecule has 3 rings (SSSR count). The minimum absolute atomic E-state index is 0.0654. The molecule has 1 heterocycles. The van der Waals surface area contributed by atoms with Crippen LogP contribution in [0, 0.1) is 17.3 Å². The number of nitrogens with one attached hydrogen (secondary N) is 1. The van der Waals surface area contributed by atoms with E-state index in [4.69, 9.17) is 4.74 Å². The summed E-state index contributed by atoms with van der Waals surface area (Å²) in [5.74, 6) is -0.451. The maximum atomic E-state index is 12.5. The average molecular weight is 372 g/mol. The van der Waals surface area contributed by atoms with Crippen LogP contribution in [0.2, 0.25) is 0 Å². The summed E-state index contributed by atoms with van der Waals surface area (Å²) in [6.45, 7) is 6.31. The molecule has 1 aliphatic heterocycles. The van der Waals surface area contributed by atoms with Gasteiger partial charge in [-0.2, -0.15) is 0 Å². The number of rotatable bonds is 3. The molecule has 1 saturated carbocycles. The van der Waals surface area contributed by atoms with E-state index in [-0.39, 0.29) is 42.3 Å². The second-order valence-corrected chi connectivity index (χ2v) is 8.57. The number of hydrogen-bond acceptors (Lipinski definition) is 4. The van der Waals surface area contributed by atoms with E-state index in [2.05, 4.69) is 26.1 Å². The predicted molar refractivity (Wildman–Crippen MR) is 103 cm³/mol. The molecule has 0 aromatic heterocycles. The zero-order valence-electron chi connectivity index (χ0n) is 16.3. The van der Waals surface area contributed by atoms with E-state index in [1.807, 2.05) is 0 Å². The van der Waals surface area contributed by atoms with Crippen LogP contribution in [-0.4, -0.2) is 30.9 Å². The molecule has 0 bridgehead atoms. The van der Waals surface area contributed by atoms with E-state index < -0.39 is 0 Å². The number of hydrogen-bond donors (Lipinski definition) is 1. The summed E-state index contributed by atoms with van der Waals surface area (Å²) in [5, 5.41) is 2.74. The summed E-state index contributed by atoms with van der Waals surface area (Å²) in [5.41, 5.74) is 1.48. The highest BCUT2D eigenvalue weighted by Crippen LogP contribution is 2.40. The minimum atomic E-state index is -0.381. The van der Waals surface area contributed by atoms with E-state index in [0.29, 0.717) is 17.3 Å². The summed E-state index contributed by atoms with van der Waals surface area (Å²) >= 11 is 0. The van der Waals surface area contributed by atoms with Crippen LogP contribution in [0.3, 0.4) is 0 Å². The van der Waals surface area contributed by atoms with Gasteiger partial charge >= 0.3 is 5.97 Å². The van der Waals surface area contributed by atoms with Crippen molar-refractivity contribution >= 4 is 29.2 Å². The lowest BCUT2D eigenvalue weighted by molar-refractivity contribution is -0.153. The standard InChI is InChI=1S/C21H28N2O4/c1-21(2,3)15-10-8-14(9-11-15)20(26)27-13-19(25)23-12-18(24)22-16-6-4-5-7-17(16)23/h4-7,14-15H,8-13H2,1-3H3,(H,22,24). The Morgan fingerprint density at radius 2 is 1.81 bits per heavy atom.